The van der Waals surface area contributed by atoms with Crippen LogP contribution in [0.2, 0.25) is 0 Å². The number of nitrogens with one attached hydrogen (secondary N) is 1. The molecule has 20 heavy (non-hydrogen) atoms. The Bertz CT molecular complexity index is 495. The maximum Gasteiger partial charge on any atom is 0.0211 e. The summed E-state index contributed by atoms with van der Waals surface area (Å²) in [4.78, 5) is 2.22. The first-order valence-corrected chi connectivity index (χ1v) is 6.59. The van der Waals surface area contributed by atoms with Crippen LogP contribution in [-0.2, 0) is 6.54 Å². The van der Waals surface area contributed by atoms with E-state index in [1.165, 1.54) is 22.8 Å². The number of halogens is 2. The summed E-state index contributed by atoms with van der Waals surface area (Å²) < 4.78 is 0. The minimum atomic E-state index is 0. The van der Waals surface area contributed by atoms with Gasteiger partial charge in [-0.15, -0.1) is 24.8 Å². The van der Waals surface area contributed by atoms with Crippen molar-refractivity contribution in [1.82, 2.24) is 10.2 Å². The van der Waals surface area contributed by atoms with Crippen LogP contribution in [0.25, 0.3) is 10.8 Å². The van der Waals surface area contributed by atoms with Gasteiger partial charge in [0.2, 0.25) is 0 Å². The van der Waals surface area contributed by atoms with E-state index in [-0.39, 0.29) is 24.8 Å². The predicted octanol–water partition coefficient (Wildman–Crippen LogP) is 3.72. The van der Waals surface area contributed by atoms with Crippen LogP contribution in [0.5, 0.6) is 0 Å². The normalized spacial score (nSPS) is 10.2. The first kappa shape index (κ1) is 19.2. The van der Waals surface area contributed by atoms with Crippen LogP contribution in [0.15, 0.2) is 42.5 Å². The highest BCUT2D eigenvalue weighted by Gasteiger charge is 1.99. The van der Waals surface area contributed by atoms with Gasteiger partial charge in [0.15, 0.2) is 0 Å². The Hall–Kier alpha value is -0.800. The molecule has 0 aliphatic heterocycles. The lowest BCUT2D eigenvalue weighted by molar-refractivity contribution is 0.394. The molecule has 112 valence electrons. The summed E-state index contributed by atoms with van der Waals surface area (Å²) in [6.07, 6.45) is 1.19. The zero-order valence-electron chi connectivity index (χ0n) is 12.1. The van der Waals surface area contributed by atoms with Crippen LogP contribution in [-0.4, -0.2) is 32.1 Å². The van der Waals surface area contributed by atoms with Gasteiger partial charge < -0.3 is 10.2 Å². The third-order valence-electron chi connectivity index (χ3n) is 3.15. The standard InChI is InChI=1S/C16H22N2.2ClH/c1-18(2)12-6-11-17-13-15-9-5-8-14-7-3-4-10-16(14)15;;/h3-5,7-10,17H,6,11-13H2,1-2H3;2*1H. The molecule has 0 heterocycles. The first-order valence-electron chi connectivity index (χ1n) is 6.59. The van der Waals surface area contributed by atoms with Crippen LogP contribution in [0.4, 0.5) is 0 Å². The number of hydrogen-bond donors (Lipinski definition) is 1. The molecular formula is C16H24Cl2N2. The summed E-state index contributed by atoms with van der Waals surface area (Å²) in [6.45, 7) is 3.17. The summed E-state index contributed by atoms with van der Waals surface area (Å²) in [6, 6.07) is 15.1. The average Bonchev–Trinajstić information content (AvgIpc) is 2.38. The Morgan fingerprint density at radius 2 is 1.65 bits per heavy atom. The monoisotopic (exact) mass is 314 g/mol. The molecule has 0 aromatic heterocycles. The molecule has 0 fully saturated rings. The zero-order chi connectivity index (χ0) is 12.8. The number of nitrogens with zero attached hydrogens (tertiary/aromatic N) is 1. The second-order valence-corrected chi connectivity index (χ2v) is 4.97. The lowest BCUT2D eigenvalue weighted by Gasteiger charge is -2.11. The topological polar surface area (TPSA) is 15.3 Å². The highest BCUT2D eigenvalue weighted by atomic mass is 35.5. The van der Waals surface area contributed by atoms with E-state index in [9.17, 15) is 0 Å². The van der Waals surface area contributed by atoms with E-state index in [0.717, 1.165) is 19.6 Å². The fourth-order valence-corrected chi connectivity index (χ4v) is 2.19. The molecule has 0 atom stereocenters. The van der Waals surface area contributed by atoms with E-state index < -0.39 is 0 Å². The number of benzene rings is 2. The summed E-state index contributed by atoms with van der Waals surface area (Å²) in [5.74, 6) is 0. The van der Waals surface area contributed by atoms with Crippen molar-refractivity contribution in [1.29, 1.82) is 0 Å². The molecule has 1 N–H and O–H groups in total. The SMILES string of the molecule is CN(C)CCCNCc1cccc2ccccc12.Cl.Cl. The Morgan fingerprint density at radius 3 is 2.40 bits per heavy atom. The Labute approximate surface area is 134 Å². The van der Waals surface area contributed by atoms with E-state index in [0.29, 0.717) is 0 Å². The van der Waals surface area contributed by atoms with E-state index in [2.05, 4.69) is 66.8 Å². The van der Waals surface area contributed by atoms with Crippen molar-refractivity contribution in [2.24, 2.45) is 0 Å². The number of hydrogen-bond acceptors (Lipinski definition) is 2. The summed E-state index contributed by atoms with van der Waals surface area (Å²) in [5, 5.41) is 6.21. The molecule has 0 aliphatic rings. The van der Waals surface area contributed by atoms with Crippen LogP contribution >= 0.6 is 24.8 Å². The maximum absolute atomic E-state index is 3.52. The molecule has 0 bridgehead atoms. The van der Waals surface area contributed by atoms with Crippen molar-refractivity contribution in [3.8, 4) is 0 Å². The molecule has 0 saturated heterocycles. The molecule has 0 saturated carbocycles. The summed E-state index contributed by atoms with van der Waals surface area (Å²) in [7, 11) is 4.23. The molecule has 0 unspecified atom stereocenters. The number of fused-ring (bicyclic) bond motifs is 1. The molecular weight excluding hydrogens is 291 g/mol. The fourth-order valence-electron chi connectivity index (χ4n) is 2.19. The van der Waals surface area contributed by atoms with Crippen molar-refractivity contribution in [2.75, 3.05) is 27.2 Å². The van der Waals surface area contributed by atoms with Gasteiger partial charge in [-0.2, -0.15) is 0 Å². The number of rotatable bonds is 6. The van der Waals surface area contributed by atoms with E-state index >= 15 is 0 Å². The first-order chi connectivity index (χ1) is 8.77. The lowest BCUT2D eigenvalue weighted by atomic mass is 10.0. The van der Waals surface area contributed by atoms with Crippen molar-refractivity contribution in [2.45, 2.75) is 13.0 Å². The minimum Gasteiger partial charge on any atom is -0.313 e. The average molecular weight is 315 g/mol. The van der Waals surface area contributed by atoms with Gasteiger partial charge in [-0.05, 0) is 49.9 Å². The highest BCUT2D eigenvalue weighted by Crippen LogP contribution is 2.18. The summed E-state index contributed by atoms with van der Waals surface area (Å²) >= 11 is 0. The van der Waals surface area contributed by atoms with Crippen LogP contribution < -0.4 is 5.32 Å². The van der Waals surface area contributed by atoms with Crippen molar-refractivity contribution < 1.29 is 0 Å². The van der Waals surface area contributed by atoms with Crippen LogP contribution in [0.3, 0.4) is 0 Å². The summed E-state index contributed by atoms with van der Waals surface area (Å²) in [5.41, 5.74) is 1.39. The van der Waals surface area contributed by atoms with E-state index in [1.54, 1.807) is 0 Å². The third kappa shape index (κ3) is 5.68. The molecule has 4 heteroatoms. The molecule has 2 aromatic carbocycles. The van der Waals surface area contributed by atoms with Gasteiger partial charge in [-0.3, -0.25) is 0 Å². The molecule has 0 amide bonds. The molecule has 2 aromatic rings. The third-order valence-corrected chi connectivity index (χ3v) is 3.15. The van der Waals surface area contributed by atoms with Gasteiger partial charge in [0.1, 0.15) is 0 Å². The predicted molar refractivity (Wildman–Crippen MR) is 93.3 cm³/mol. The van der Waals surface area contributed by atoms with Gasteiger partial charge in [-0.1, -0.05) is 42.5 Å². The van der Waals surface area contributed by atoms with E-state index in [4.69, 9.17) is 0 Å². The van der Waals surface area contributed by atoms with Gasteiger partial charge in [0.25, 0.3) is 0 Å². The fraction of sp³-hybridized carbons (Fsp3) is 0.375. The van der Waals surface area contributed by atoms with Gasteiger partial charge in [0, 0.05) is 6.54 Å². The van der Waals surface area contributed by atoms with Gasteiger partial charge in [0.05, 0.1) is 0 Å². The van der Waals surface area contributed by atoms with E-state index in [1.807, 2.05) is 0 Å². The van der Waals surface area contributed by atoms with Gasteiger partial charge in [-0.25, -0.2) is 0 Å². The maximum atomic E-state index is 3.52. The smallest absolute Gasteiger partial charge is 0.0211 e. The largest absolute Gasteiger partial charge is 0.313 e. The second kappa shape index (κ2) is 10.0. The molecule has 0 aliphatic carbocycles. The quantitative estimate of drug-likeness (QED) is 0.817. The molecule has 2 rings (SSSR count). The Morgan fingerprint density at radius 1 is 0.950 bits per heavy atom. The van der Waals surface area contributed by atoms with Crippen LogP contribution in [0.1, 0.15) is 12.0 Å². The Kier molecular flexibility index (Phi) is 9.60. The van der Waals surface area contributed by atoms with Gasteiger partial charge >= 0.3 is 0 Å². The highest BCUT2D eigenvalue weighted by molar-refractivity contribution is 5.86. The Balaban J connectivity index is 0.00000180. The van der Waals surface area contributed by atoms with Crippen molar-refractivity contribution >= 4 is 35.6 Å². The molecule has 0 spiro atoms. The van der Waals surface area contributed by atoms with Crippen LogP contribution in [0, 0.1) is 0 Å². The molecule has 2 nitrogen and oxygen atoms in total. The zero-order valence-corrected chi connectivity index (χ0v) is 13.8. The van der Waals surface area contributed by atoms with Crippen molar-refractivity contribution in [3.05, 3.63) is 48.0 Å². The molecule has 0 radical (unpaired) electrons. The lowest BCUT2D eigenvalue weighted by Crippen LogP contribution is -2.21. The minimum absolute atomic E-state index is 0. The van der Waals surface area contributed by atoms with Crippen molar-refractivity contribution in [3.63, 3.8) is 0 Å². The second-order valence-electron chi connectivity index (χ2n) is 4.97.